The summed E-state index contributed by atoms with van der Waals surface area (Å²) in [6.07, 6.45) is 8.41. The van der Waals surface area contributed by atoms with Crippen molar-refractivity contribution in [3.8, 4) is 0 Å². The van der Waals surface area contributed by atoms with Crippen molar-refractivity contribution in [1.82, 2.24) is 4.90 Å². The zero-order valence-electron chi connectivity index (χ0n) is 11.5. The molecule has 0 bridgehead atoms. The van der Waals surface area contributed by atoms with Crippen LogP contribution in [-0.4, -0.2) is 46.0 Å². The molecule has 1 amide bonds. The van der Waals surface area contributed by atoms with Crippen molar-refractivity contribution in [2.45, 2.75) is 57.0 Å². The molecule has 108 valence electrons. The van der Waals surface area contributed by atoms with Crippen LogP contribution >= 0.6 is 11.8 Å². The standard InChI is InChI=1S/C14H23NO3S/c1-19-8-4-7-13(16)15-11-6-3-2-5-10(11)9-12(15)14(17)18/h10-12H,2-9H2,1H3,(H,17,18)/t10-,11+,12-/m0/s1. The van der Waals surface area contributed by atoms with Gasteiger partial charge in [0.2, 0.25) is 5.91 Å². The van der Waals surface area contributed by atoms with E-state index in [1.807, 2.05) is 6.26 Å². The van der Waals surface area contributed by atoms with E-state index in [9.17, 15) is 14.7 Å². The van der Waals surface area contributed by atoms with Gasteiger partial charge in [-0.1, -0.05) is 12.8 Å². The molecule has 3 atom stereocenters. The van der Waals surface area contributed by atoms with Gasteiger partial charge in [0.1, 0.15) is 6.04 Å². The molecule has 0 aromatic rings. The third kappa shape index (κ3) is 3.25. The smallest absolute Gasteiger partial charge is 0.326 e. The minimum absolute atomic E-state index is 0.0517. The maximum atomic E-state index is 12.3. The van der Waals surface area contributed by atoms with Gasteiger partial charge in [0.05, 0.1) is 0 Å². The molecular weight excluding hydrogens is 262 g/mol. The lowest BCUT2D eigenvalue weighted by atomic mass is 9.84. The Morgan fingerprint density at radius 2 is 2.05 bits per heavy atom. The third-order valence-corrected chi connectivity index (χ3v) is 5.10. The maximum Gasteiger partial charge on any atom is 0.326 e. The number of rotatable bonds is 5. The summed E-state index contributed by atoms with van der Waals surface area (Å²) < 4.78 is 0. The Bertz CT molecular complexity index is 348. The number of likely N-dealkylation sites (tertiary alicyclic amines) is 1. The van der Waals surface area contributed by atoms with Crippen LogP contribution in [0.4, 0.5) is 0 Å². The van der Waals surface area contributed by atoms with Gasteiger partial charge in [-0.2, -0.15) is 11.8 Å². The Hall–Kier alpha value is -0.710. The van der Waals surface area contributed by atoms with Crippen LogP contribution in [0.3, 0.4) is 0 Å². The molecule has 2 rings (SSSR count). The Kier molecular flexibility index (Phi) is 5.13. The Balaban J connectivity index is 2.04. The average Bonchev–Trinajstić information content (AvgIpc) is 2.78. The van der Waals surface area contributed by atoms with Crippen molar-refractivity contribution in [3.05, 3.63) is 0 Å². The fourth-order valence-electron chi connectivity index (χ4n) is 3.54. The summed E-state index contributed by atoms with van der Waals surface area (Å²) in [5.74, 6) is 0.605. The van der Waals surface area contributed by atoms with Crippen molar-refractivity contribution in [2.24, 2.45) is 5.92 Å². The number of carbonyl (C=O) groups is 2. The van der Waals surface area contributed by atoms with Gasteiger partial charge < -0.3 is 10.0 Å². The number of fused-ring (bicyclic) bond motifs is 1. The molecule has 0 radical (unpaired) electrons. The van der Waals surface area contributed by atoms with Crippen LogP contribution in [0.5, 0.6) is 0 Å². The number of aliphatic carboxylic acids is 1. The highest BCUT2D eigenvalue weighted by atomic mass is 32.2. The average molecular weight is 285 g/mol. The van der Waals surface area contributed by atoms with Crippen LogP contribution in [0.1, 0.15) is 44.9 Å². The van der Waals surface area contributed by atoms with Crippen molar-refractivity contribution in [3.63, 3.8) is 0 Å². The first-order chi connectivity index (χ1) is 9.15. The van der Waals surface area contributed by atoms with Gasteiger partial charge in [-0.25, -0.2) is 4.79 Å². The van der Waals surface area contributed by atoms with E-state index >= 15 is 0 Å². The lowest BCUT2D eigenvalue weighted by Gasteiger charge is -2.33. The summed E-state index contributed by atoms with van der Waals surface area (Å²) in [6, 6.07) is -0.383. The molecule has 1 aliphatic carbocycles. The molecule has 4 nitrogen and oxygen atoms in total. The molecule has 1 heterocycles. The number of nitrogens with zero attached hydrogens (tertiary/aromatic N) is 1. The van der Waals surface area contributed by atoms with E-state index in [4.69, 9.17) is 0 Å². The Morgan fingerprint density at radius 1 is 1.32 bits per heavy atom. The minimum atomic E-state index is -0.826. The second-order valence-electron chi connectivity index (χ2n) is 5.60. The number of hydrogen-bond acceptors (Lipinski definition) is 3. The molecule has 1 N–H and O–H groups in total. The van der Waals surface area contributed by atoms with Crippen LogP contribution in [-0.2, 0) is 9.59 Å². The van der Waals surface area contributed by atoms with E-state index < -0.39 is 12.0 Å². The van der Waals surface area contributed by atoms with E-state index in [0.29, 0.717) is 18.8 Å². The summed E-state index contributed by atoms with van der Waals surface area (Å²) in [4.78, 5) is 25.4. The molecule has 1 saturated carbocycles. The molecule has 19 heavy (non-hydrogen) atoms. The van der Waals surface area contributed by atoms with Crippen LogP contribution in [0.15, 0.2) is 0 Å². The highest BCUT2D eigenvalue weighted by Crippen LogP contribution is 2.40. The van der Waals surface area contributed by atoms with E-state index in [2.05, 4.69) is 0 Å². The molecule has 1 saturated heterocycles. The fourth-order valence-corrected chi connectivity index (χ4v) is 3.97. The summed E-state index contributed by atoms with van der Waals surface area (Å²) >= 11 is 1.73. The van der Waals surface area contributed by atoms with Gasteiger partial charge in [0, 0.05) is 12.5 Å². The maximum absolute atomic E-state index is 12.3. The number of thioether (sulfide) groups is 1. The van der Waals surface area contributed by atoms with Crippen molar-refractivity contribution >= 4 is 23.6 Å². The zero-order chi connectivity index (χ0) is 13.8. The van der Waals surface area contributed by atoms with E-state index in [1.54, 1.807) is 16.7 Å². The van der Waals surface area contributed by atoms with E-state index in [1.165, 1.54) is 6.42 Å². The second kappa shape index (κ2) is 6.64. The summed E-state index contributed by atoms with van der Waals surface area (Å²) in [5.41, 5.74) is 0. The molecule has 0 aromatic heterocycles. The molecular formula is C14H23NO3S. The number of carboxylic acid groups (broad SMARTS) is 1. The van der Waals surface area contributed by atoms with Gasteiger partial charge in [-0.05, 0) is 43.6 Å². The van der Waals surface area contributed by atoms with Gasteiger partial charge in [0.15, 0.2) is 0 Å². The van der Waals surface area contributed by atoms with Crippen LogP contribution in [0.25, 0.3) is 0 Å². The first-order valence-corrected chi connectivity index (χ1v) is 8.57. The van der Waals surface area contributed by atoms with Crippen molar-refractivity contribution in [2.75, 3.05) is 12.0 Å². The van der Waals surface area contributed by atoms with Crippen molar-refractivity contribution < 1.29 is 14.7 Å². The van der Waals surface area contributed by atoms with Gasteiger partial charge in [-0.15, -0.1) is 0 Å². The molecule has 1 aliphatic heterocycles. The fraction of sp³-hybridized carbons (Fsp3) is 0.857. The van der Waals surface area contributed by atoms with E-state index in [0.717, 1.165) is 31.4 Å². The molecule has 0 unspecified atom stereocenters. The Morgan fingerprint density at radius 3 is 2.74 bits per heavy atom. The van der Waals surface area contributed by atoms with Crippen molar-refractivity contribution in [1.29, 1.82) is 0 Å². The highest BCUT2D eigenvalue weighted by Gasteiger charge is 2.47. The lowest BCUT2D eigenvalue weighted by molar-refractivity contribution is -0.149. The number of amides is 1. The topological polar surface area (TPSA) is 57.6 Å². The summed E-state index contributed by atoms with van der Waals surface area (Å²) in [7, 11) is 0. The quantitative estimate of drug-likeness (QED) is 0.788. The Labute approximate surface area is 118 Å². The molecule has 0 spiro atoms. The lowest BCUT2D eigenvalue weighted by Crippen LogP contribution is -2.46. The second-order valence-corrected chi connectivity index (χ2v) is 6.58. The molecule has 0 aromatic carbocycles. The van der Waals surface area contributed by atoms with Crippen LogP contribution in [0.2, 0.25) is 0 Å². The first kappa shape index (κ1) is 14.7. The predicted octanol–water partition coefficient (Wildman–Crippen LogP) is 2.37. The molecule has 5 heteroatoms. The summed E-state index contributed by atoms with van der Waals surface area (Å²) in [5, 5.41) is 9.35. The molecule has 2 fully saturated rings. The van der Waals surface area contributed by atoms with Crippen LogP contribution in [0, 0.1) is 5.92 Å². The SMILES string of the molecule is CSCCCC(=O)N1[C@@H]2CCCC[C@H]2C[C@H]1C(=O)O. The minimum Gasteiger partial charge on any atom is -0.480 e. The largest absolute Gasteiger partial charge is 0.480 e. The predicted molar refractivity (Wildman–Crippen MR) is 76.2 cm³/mol. The number of carboxylic acids is 1. The number of hydrogen-bond donors (Lipinski definition) is 1. The van der Waals surface area contributed by atoms with Gasteiger partial charge in [0.25, 0.3) is 0 Å². The third-order valence-electron chi connectivity index (χ3n) is 4.40. The summed E-state index contributed by atoms with van der Waals surface area (Å²) in [6.45, 7) is 0. The van der Waals surface area contributed by atoms with Crippen LogP contribution < -0.4 is 0 Å². The number of carbonyl (C=O) groups excluding carboxylic acids is 1. The zero-order valence-corrected chi connectivity index (χ0v) is 12.3. The normalized spacial score (nSPS) is 30.2. The molecule has 2 aliphatic rings. The van der Waals surface area contributed by atoms with E-state index in [-0.39, 0.29) is 11.9 Å². The monoisotopic (exact) mass is 285 g/mol. The van der Waals surface area contributed by atoms with Gasteiger partial charge in [-0.3, -0.25) is 4.79 Å². The highest BCUT2D eigenvalue weighted by molar-refractivity contribution is 7.98. The van der Waals surface area contributed by atoms with Gasteiger partial charge >= 0.3 is 5.97 Å². The first-order valence-electron chi connectivity index (χ1n) is 7.18.